The SMILES string of the molecule is CN(C)C1CCC2=C(CCC/C2=N\O)C1. The van der Waals surface area contributed by atoms with Gasteiger partial charge in [0.25, 0.3) is 0 Å². The van der Waals surface area contributed by atoms with E-state index >= 15 is 0 Å². The summed E-state index contributed by atoms with van der Waals surface area (Å²) in [6, 6.07) is 0.682. The second kappa shape index (κ2) is 4.35. The number of nitrogens with zero attached hydrogens (tertiary/aromatic N) is 2. The monoisotopic (exact) mass is 208 g/mol. The summed E-state index contributed by atoms with van der Waals surface area (Å²) >= 11 is 0. The minimum atomic E-state index is 0.682. The molecule has 0 saturated heterocycles. The normalized spacial score (nSPS) is 29.8. The first-order valence-electron chi connectivity index (χ1n) is 5.81. The minimum Gasteiger partial charge on any atom is -0.411 e. The van der Waals surface area contributed by atoms with Crippen molar-refractivity contribution in [1.82, 2.24) is 4.90 Å². The van der Waals surface area contributed by atoms with Crippen LogP contribution in [0.4, 0.5) is 0 Å². The van der Waals surface area contributed by atoms with Gasteiger partial charge in [0.15, 0.2) is 0 Å². The molecule has 3 heteroatoms. The van der Waals surface area contributed by atoms with Gasteiger partial charge in [-0.2, -0.15) is 0 Å². The second-order valence-corrected chi connectivity index (χ2v) is 4.84. The minimum absolute atomic E-state index is 0.682. The number of rotatable bonds is 1. The quantitative estimate of drug-likeness (QED) is 0.530. The zero-order valence-electron chi connectivity index (χ0n) is 9.66. The first-order valence-corrected chi connectivity index (χ1v) is 5.81. The highest BCUT2D eigenvalue weighted by atomic mass is 16.4. The smallest absolute Gasteiger partial charge is 0.0827 e. The van der Waals surface area contributed by atoms with Crippen LogP contribution < -0.4 is 0 Å². The van der Waals surface area contributed by atoms with Crippen LogP contribution in [0.2, 0.25) is 0 Å². The number of allylic oxidation sites excluding steroid dienone is 1. The van der Waals surface area contributed by atoms with E-state index in [4.69, 9.17) is 5.21 Å². The van der Waals surface area contributed by atoms with Crippen molar-refractivity contribution in [2.45, 2.75) is 44.6 Å². The molecule has 0 heterocycles. The molecule has 1 unspecified atom stereocenters. The van der Waals surface area contributed by atoms with Gasteiger partial charge in [0, 0.05) is 6.04 Å². The summed E-state index contributed by atoms with van der Waals surface area (Å²) in [7, 11) is 4.31. The van der Waals surface area contributed by atoms with E-state index < -0.39 is 0 Å². The fraction of sp³-hybridized carbons (Fsp3) is 0.750. The molecule has 2 aliphatic rings. The van der Waals surface area contributed by atoms with Crippen LogP contribution in [0, 0.1) is 0 Å². The van der Waals surface area contributed by atoms with Gasteiger partial charge in [-0.25, -0.2) is 0 Å². The highest BCUT2D eigenvalue weighted by Crippen LogP contribution is 2.35. The standard InChI is InChI=1S/C12H20N2O/c1-14(2)10-6-7-11-9(8-10)4-3-5-12(11)13-15/h10,15H,3-8H2,1-2H3/b13-12+. The van der Waals surface area contributed by atoms with Crippen molar-refractivity contribution in [3.63, 3.8) is 0 Å². The largest absolute Gasteiger partial charge is 0.411 e. The summed E-state index contributed by atoms with van der Waals surface area (Å²) in [6.07, 6.45) is 6.78. The molecule has 0 bridgehead atoms. The Hall–Kier alpha value is -0.830. The van der Waals surface area contributed by atoms with Crippen LogP contribution in [0.5, 0.6) is 0 Å². The first-order chi connectivity index (χ1) is 7.22. The van der Waals surface area contributed by atoms with Crippen LogP contribution in [0.1, 0.15) is 38.5 Å². The van der Waals surface area contributed by atoms with Gasteiger partial charge in [0.05, 0.1) is 5.71 Å². The summed E-state index contributed by atoms with van der Waals surface area (Å²) in [5.41, 5.74) is 3.86. The third-order valence-electron chi connectivity index (χ3n) is 3.73. The number of hydrogen-bond donors (Lipinski definition) is 1. The fourth-order valence-electron chi connectivity index (χ4n) is 2.77. The Balaban J connectivity index is 2.19. The van der Waals surface area contributed by atoms with Crippen molar-refractivity contribution in [3.05, 3.63) is 11.1 Å². The summed E-state index contributed by atoms with van der Waals surface area (Å²) in [6.45, 7) is 0. The molecule has 1 atom stereocenters. The van der Waals surface area contributed by atoms with Gasteiger partial charge >= 0.3 is 0 Å². The third kappa shape index (κ3) is 2.07. The van der Waals surface area contributed by atoms with Crippen LogP contribution in [0.25, 0.3) is 0 Å². The summed E-state index contributed by atoms with van der Waals surface area (Å²) in [4.78, 5) is 2.31. The van der Waals surface area contributed by atoms with Gasteiger partial charge in [-0.1, -0.05) is 10.7 Å². The molecule has 0 aromatic carbocycles. The molecule has 0 spiro atoms. The molecular weight excluding hydrogens is 188 g/mol. The van der Waals surface area contributed by atoms with Crippen LogP contribution in [-0.2, 0) is 0 Å². The molecule has 0 aromatic rings. The van der Waals surface area contributed by atoms with Crippen molar-refractivity contribution in [2.24, 2.45) is 5.16 Å². The van der Waals surface area contributed by atoms with Crippen molar-refractivity contribution < 1.29 is 5.21 Å². The fourth-order valence-corrected chi connectivity index (χ4v) is 2.77. The van der Waals surface area contributed by atoms with E-state index in [1.54, 1.807) is 5.57 Å². The van der Waals surface area contributed by atoms with E-state index in [-0.39, 0.29) is 0 Å². The van der Waals surface area contributed by atoms with Crippen LogP contribution in [0.15, 0.2) is 16.3 Å². The Morgan fingerprint density at radius 2 is 2.07 bits per heavy atom. The Bertz CT molecular complexity index is 305. The van der Waals surface area contributed by atoms with Gasteiger partial charge < -0.3 is 10.1 Å². The van der Waals surface area contributed by atoms with Gasteiger partial charge in [-0.15, -0.1) is 0 Å². The van der Waals surface area contributed by atoms with Gasteiger partial charge in [-0.05, 0) is 58.2 Å². The molecule has 2 rings (SSSR count). The third-order valence-corrected chi connectivity index (χ3v) is 3.73. The molecule has 0 fully saturated rings. The van der Waals surface area contributed by atoms with E-state index in [9.17, 15) is 0 Å². The van der Waals surface area contributed by atoms with Gasteiger partial charge in [0.1, 0.15) is 0 Å². The topological polar surface area (TPSA) is 35.8 Å². The van der Waals surface area contributed by atoms with E-state index in [1.807, 2.05) is 0 Å². The van der Waals surface area contributed by atoms with Gasteiger partial charge in [0.2, 0.25) is 0 Å². The average molecular weight is 208 g/mol. The molecular formula is C12H20N2O. The highest BCUT2D eigenvalue weighted by molar-refractivity contribution is 6.01. The molecule has 0 amide bonds. The lowest BCUT2D eigenvalue weighted by atomic mass is 9.79. The number of hydrogen-bond acceptors (Lipinski definition) is 3. The molecule has 3 nitrogen and oxygen atoms in total. The van der Waals surface area contributed by atoms with Crippen LogP contribution >= 0.6 is 0 Å². The maximum Gasteiger partial charge on any atom is 0.0827 e. The average Bonchev–Trinajstić information content (AvgIpc) is 2.27. The van der Waals surface area contributed by atoms with Crippen molar-refractivity contribution in [2.75, 3.05) is 14.1 Å². The molecule has 0 aromatic heterocycles. The maximum absolute atomic E-state index is 8.95. The van der Waals surface area contributed by atoms with Gasteiger partial charge in [-0.3, -0.25) is 0 Å². The second-order valence-electron chi connectivity index (χ2n) is 4.84. The Morgan fingerprint density at radius 1 is 1.27 bits per heavy atom. The Morgan fingerprint density at radius 3 is 2.73 bits per heavy atom. The molecule has 15 heavy (non-hydrogen) atoms. The Labute approximate surface area is 91.5 Å². The predicted molar refractivity (Wildman–Crippen MR) is 61.4 cm³/mol. The molecule has 0 saturated carbocycles. The van der Waals surface area contributed by atoms with Crippen molar-refractivity contribution in [3.8, 4) is 0 Å². The molecule has 0 radical (unpaired) electrons. The predicted octanol–water partition coefficient (Wildman–Crippen LogP) is 2.41. The van der Waals surface area contributed by atoms with E-state index in [2.05, 4.69) is 24.2 Å². The van der Waals surface area contributed by atoms with E-state index in [1.165, 1.54) is 24.8 Å². The lowest BCUT2D eigenvalue weighted by Crippen LogP contribution is -2.33. The lowest BCUT2D eigenvalue weighted by Gasteiger charge is -2.34. The van der Waals surface area contributed by atoms with E-state index in [0.717, 1.165) is 25.0 Å². The van der Waals surface area contributed by atoms with E-state index in [0.29, 0.717) is 6.04 Å². The van der Waals surface area contributed by atoms with Crippen LogP contribution in [-0.4, -0.2) is 36.0 Å². The van der Waals surface area contributed by atoms with Crippen molar-refractivity contribution >= 4 is 5.71 Å². The molecule has 1 N–H and O–H groups in total. The molecule has 84 valence electrons. The maximum atomic E-state index is 8.95. The molecule has 2 aliphatic carbocycles. The number of oxime groups is 1. The lowest BCUT2D eigenvalue weighted by molar-refractivity contribution is 0.264. The summed E-state index contributed by atoms with van der Waals surface area (Å²) < 4.78 is 0. The molecule has 0 aliphatic heterocycles. The Kier molecular flexibility index (Phi) is 3.10. The zero-order valence-corrected chi connectivity index (χ0v) is 9.66. The summed E-state index contributed by atoms with van der Waals surface area (Å²) in [5.74, 6) is 0. The first kappa shape index (κ1) is 10.7. The zero-order chi connectivity index (χ0) is 10.8. The van der Waals surface area contributed by atoms with Crippen molar-refractivity contribution in [1.29, 1.82) is 0 Å². The van der Waals surface area contributed by atoms with Crippen LogP contribution in [0.3, 0.4) is 0 Å². The highest BCUT2D eigenvalue weighted by Gasteiger charge is 2.27. The summed E-state index contributed by atoms with van der Waals surface area (Å²) in [5, 5.41) is 12.4.